The Morgan fingerprint density at radius 2 is 1.52 bits per heavy atom. The number of para-hydroxylation sites is 1. The molecule has 0 saturated carbocycles. The molecule has 0 bridgehead atoms. The summed E-state index contributed by atoms with van der Waals surface area (Å²) < 4.78 is 40.9. The maximum Gasteiger partial charge on any atom is 0.244 e. The molecule has 2 amide bonds. The number of nitrogens with one attached hydrogen (secondary N) is 1. The van der Waals surface area contributed by atoms with Gasteiger partial charge >= 0.3 is 0 Å². The summed E-state index contributed by atoms with van der Waals surface area (Å²) in [7, 11) is -4.09. The van der Waals surface area contributed by atoms with Gasteiger partial charge in [-0.1, -0.05) is 85.6 Å². The van der Waals surface area contributed by atoms with Crippen LogP contribution in [0.2, 0.25) is 10.0 Å². The van der Waals surface area contributed by atoms with Crippen LogP contribution in [-0.2, 0) is 32.6 Å². The van der Waals surface area contributed by atoms with Crippen LogP contribution >= 0.6 is 23.2 Å². The first-order valence-electron chi connectivity index (χ1n) is 12.6. The first-order chi connectivity index (χ1) is 18.9. The van der Waals surface area contributed by atoms with Gasteiger partial charge in [-0.25, -0.2) is 12.8 Å². The number of carbonyl (C=O) groups excluding carboxylic acids is 2. The first kappa shape index (κ1) is 31.4. The lowest BCUT2D eigenvalue weighted by molar-refractivity contribution is -0.140. The normalized spacial score (nSPS) is 12.2. The second-order valence-corrected chi connectivity index (χ2v) is 12.5. The van der Waals surface area contributed by atoms with Gasteiger partial charge in [0.05, 0.1) is 11.9 Å². The number of hydrogen-bond acceptors (Lipinski definition) is 4. The zero-order valence-electron chi connectivity index (χ0n) is 22.5. The molecule has 0 heterocycles. The molecule has 0 spiro atoms. The lowest BCUT2D eigenvalue weighted by Crippen LogP contribution is -2.53. The number of anilines is 1. The van der Waals surface area contributed by atoms with E-state index in [-0.39, 0.29) is 34.6 Å². The number of benzene rings is 3. The summed E-state index contributed by atoms with van der Waals surface area (Å²) in [5.41, 5.74) is 0.896. The molecule has 0 aliphatic rings. The Hall–Kier alpha value is -3.14. The van der Waals surface area contributed by atoms with Crippen molar-refractivity contribution in [2.24, 2.45) is 5.92 Å². The van der Waals surface area contributed by atoms with Crippen molar-refractivity contribution in [1.29, 1.82) is 0 Å². The van der Waals surface area contributed by atoms with Gasteiger partial charge in [-0.2, -0.15) is 0 Å². The Morgan fingerprint density at radius 3 is 2.10 bits per heavy atom. The first-order valence-corrected chi connectivity index (χ1v) is 15.2. The van der Waals surface area contributed by atoms with Crippen molar-refractivity contribution >= 4 is 50.7 Å². The van der Waals surface area contributed by atoms with Crippen molar-refractivity contribution in [1.82, 2.24) is 10.2 Å². The fraction of sp³-hybridized carbons (Fsp3) is 0.310. The van der Waals surface area contributed by atoms with Crippen molar-refractivity contribution in [3.63, 3.8) is 0 Å². The van der Waals surface area contributed by atoms with Crippen molar-refractivity contribution in [3.8, 4) is 0 Å². The van der Waals surface area contributed by atoms with Crippen LogP contribution in [0, 0.1) is 11.7 Å². The van der Waals surface area contributed by atoms with Gasteiger partial charge in [0.1, 0.15) is 18.4 Å². The molecular formula is C29H32Cl2FN3O4S. The summed E-state index contributed by atoms with van der Waals surface area (Å²) in [6.07, 6.45) is 1.02. The molecule has 3 aromatic rings. The summed E-state index contributed by atoms with van der Waals surface area (Å²) in [5.74, 6) is -1.82. The van der Waals surface area contributed by atoms with E-state index >= 15 is 0 Å². The third-order valence-electron chi connectivity index (χ3n) is 6.15. The fourth-order valence-corrected chi connectivity index (χ4v) is 5.45. The van der Waals surface area contributed by atoms with Crippen LogP contribution in [-0.4, -0.2) is 50.5 Å². The summed E-state index contributed by atoms with van der Waals surface area (Å²) >= 11 is 12.9. The molecule has 11 heteroatoms. The SMILES string of the molecule is CC(C)CNC(=O)[C@H](Cc1ccccc1)N(Cc1c(Cl)cccc1Cl)C(=O)CN(c1ccccc1F)S(C)(=O)=O. The second-order valence-electron chi connectivity index (χ2n) is 9.79. The molecule has 7 nitrogen and oxygen atoms in total. The molecule has 0 radical (unpaired) electrons. The molecule has 0 aliphatic carbocycles. The van der Waals surface area contributed by atoms with Crippen molar-refractivity contribution in [2.45, 2.75) is 32.9 Å². The predicted molar refractivity (Wildman–Crippen MR) is 157 cm³/mol. The summed E-state index contributed by atoms with van der Waals surface area (Å²) in [6.45, 7) is 3.32. The smallest absolute Gasteiger partial charge is 0.244 e. The molecule has 0 saturated heterocycles. The Balaban J connectivity index is 2.10. The highest BCUT2D eigenvalue weighted by Gasteiger charge is 2.34. The fourth-order valence-electron chi connectivity index (χ4n) is 4.08. The number of amides is 2. The van der Waals surface area contributed by atoms with Crippen LogP contribution in [0.3, 0.4) is 0 Å². The maximum absolute atomic E-state index is 14.7. The highest BCUT2D eigenvalue weighted by atomic mass is 35.5. The van der Waals surface area contributed by atoms with Gasteiger partial charge in [-0.05, 0) is 35.7 Å². The van der Waals surface area contributed by atoms with Crippen LogP contribution < -0.4 is 9.62 Å². The van der Waals surface area contributed by atoms with Crippen LogP contribution in [0.5, 0.6) is 0 Å². The zero-order valence-corrected chi connectivity index (χ0v) is 24.8. The zero-order chi connectivity index (χ0) is 29.4. The number of halogens is 3. The summed E-state index contributed by atoms with van der Waals surface area (Å²) in [5, 5.41) is 3.44. The Bertz CT molecular complexity index is 1420. The molecule has 1 atom stereocenters. The third kappa shape index (κ3) is 8.43. The van der Waals surface area contributed by atoms with Crippen molar-refractivity contribution in [3.05, 3.63) is 99.8 Å². The van der Waals surface area contributed by atoms with Gasteiger partial charge in [-0.15, -0.1) is 0 Å². The average Bonchev–Trinajstić information content (AvgIpc) is 2.89. The molecule has 1 N–H and O–H groups in total. The van der Waals surface area contributed by atoms with E-state index in [1.807, 2.05) is 44.2 Å². The van der Waals surface area contributed by atoms with Crippen LogP contribution in [0.25, 0.3) is 0 Å². The number of nitrogens with zero attached hydrogens (tertiary/aromatic N) is 2. The monoisotopic (exact) mass is 607 g/mol. The molecule has 214 valence electrons. The number of sulfonamides is 1. The Morgan fingerprint density at radius 1 is 0.925 bits per heavy atom. The van der Waals surface area contributed by atoms with Crippen LogP contribution in [0.15, 0.2) is 72.8 Å². The summed E-state index contributed by atoms with van der Waals surface area (Å²) in [4.78, 5) is 28.9. The van der Waals surface area contributed by atoms with Gasteiger partial charge in [0.2, 0.25) is 21.8 Å². The largest absolute Gasteiger partial charge is 0.354 e. The van der Waals surface area contributed by atoms with E-state index in [2.05, 4.69) is 5.32 Å². The molecule has 3 aromatic carbocycles. The lowest BCUT2D eigenvalue weighted by Gasteiger charge is -2.34. The van der Waals surface area contributed by atoms with E-state index in [1.54, 1.807) is 18.2 Å². The van der Waals surface area contributed by atoms with E-state index in [1.165, 1.54) is 23.1 Å². The van der Waals surface area contributed by atoms with Gasteiger partial charge in [-0.3, -0.25) is 13.9 Å². The second kappa shape index (κ2) is 14.0. The number of hydrogen-bond donors (Lipinski definition) is 1. The molecule has 0 aliphatic heterocycles. The van der Waals surface area contributed by atoms with E-state index < -0.39 is 40.2 Å². The quantitative estimate of drug-likeness (QED) is 0.302. The molecular weight excluding hydrogens is 576 g/mol. The Kier molecular flexibility index (Phi) is 11.0. The summed E-state index contributed by atoms with van der Waals surface area (Å²) in [6, 6.07) is 18.2. The number of rotatable bonds is 12. The lowest BCUT2D eigenvalue weighted by atomic mass is 10.0. The third-order valence-corrected chi connectivity index (χ3v) is 7.98. The van der Waals surface area contributed by atoms with E-state index in [0.29, 0.717) is 16.4 Å². The van der Waals surface area contributed by atoms with Crippen LogP contribution in [0.4, 0.5) is 10.1 Å². The topological polar surface area (TPSA) is 86.8 Å². The molecule has 0 aromatic heterocycles. The predicted octanol–water partition coefficient (Wildman–Crippen LogP) is 5.31. The van der Waals surface area contributed by atoms with Crippen LogP contribution in [0.1, 0.15) is 25.0 Å². The van der Waals surface area contributed by atoms with E-state index in [4.69, 9.17) is 23.2 Å². The average molecular weight is 609 g/mol. The maximum atomic E-state index is 14.7. The van der Waals surface area contributed by atoms with Gasteiger partial charge in [0.25, 0.3) is 0 Å². The standard InChI is InChI=1S/C29H32Cl2FN3O4S/c1-20(2)17-33-29(37)27(16-21-10-5-4-6-11-21)34(18-22-23(30)12-9-13-24(22)31)28(36)19-35(40(3,38)39)26-15-8-7-14-25(26)32/h4-15,20,27H,16-19H2,1-3H3,(H,33,37)/t27-/m0/s1. The minimum atomic E-state index is -4.09. The highest BCUT2D eigenvalue weighted by Crippen LogP contribution is 2.28. The minimum Gasteiger partial charge on any atom is -0.354 e. The van der Waals surface area contributed by atoms with Crippen molar-refractivity contribution in [2.75, 3.05) is 23.7 Å². The van der Waals surface area contributed by atoms with E-state index in [9.17, 15) is 22.4 Å². The molecule has 40 heavy (non-hydrogen) atoms. The minimum absolute atomic E-state index is 0.136. The number of carbonyl (C=O) groups is 2. The highest BCUT2D eigenvalue weighted by molar-refractivity contribution is 7.92. The van der Waals surface area contributed by atoms with Crippen molar-refractivity contribution < 1.29 is 22.4 Å². The molecule has 0 unspecified atom stereocenters. The van der Waals surface area contributed by atoms with Gasteiger partial charge in [0, 0.05) is 35.1 Å². The Labute approximate surface area is 244 Å². The molecule has 0 fully saturated rings. The van der Waals surface area contributed by atoms with Gasteiger partial charge in [0.15, 0.2) is 0 Å². The van der Waals surface area contributed by atoms with Gasteiger partial charge < -0.3 is 10.2 Å². The van der Waals surface area contributed by atoms with E-state index in [0.717, 1.165) is 17.9 Å². The molecule has 3 rings (SSSR count).